The highest BCUT2D eigenvalue weighted by Crippen LogP contribution is 2.55. The fourth-order valence-electron chi connectivity index (χ4n) is 6.19. The van der Waals surface area contributed by atoms with E-state index in [2.05, 4.69) is 16.0 Å². The molecule has 2 saturated carbocycles. The molecular formula is C27H36N4O4. The standard InChI is InChI=1S/C27H36N4O4/c32-22-11-10-21(24(33)30-22)31-25(34)19-8-6-9-20(23(19)26(31)35)29-15-5-3-1-2-4-14-28-18-16-27(17-18)12-7-13-27/h6,8-9,18,21,28-29H,1-5,7,10-17H2,(H,30,32,33). The highest BCUT2D eigenvalue weighted by Gasteiger charge is 2.48. The maximum absolute atomic E-state index is 13.1. The fraction of sp³-hybridized carbons (Fsp3) is 0.630. The molecule has 0 aromatic heterocycles. The van der Waals surface area contributed by atoms with E-state index < -0.39 is 23.8 Å². The van der Waals surface area contributed by atoms with Crippen LogP contribution in [0.4, 0.5) is 5.69 Å². The van der Waals surface area contributed by atoms with Crippen LogP contribution in [0.2, 0.25) is 0 Å². The number of carbonyl (C=O) groups excluding carboxylic acids is 4. The Labute approximate surface area is 206 Å². The number of benzene rings is 1. The van der Waals surface area contributed by atoms with Crippen molar-refractivity contribution in [1.82, 2.24) is 15.5 Å². The van der Waals surface area contributed by atoms with Crippen LogP contribution in [0.15, 0.2) is 18.2 Å². The Balaban J connectivity index is 1.02. The van der Waals surface area contributed by atoms with Crippen LogP contribution in [-0.2, 0) is 9.59 Å². The van der Waals surface area contributed by atoms with Gasteiger partial charge in [-0.25, -0.2) is 0 Å². The van der Waals surface area contributed by atoms with Crippen molar-refractivity contribution in [3.8, 4) is 0 Å². The fourth-order valence-corrected chi connectivity index (χ4v) is 6.19. The Bertz CT molecular complexity index is 1010. The van der Waals surface area contributed by atoms with Gasteiger partial charge in [-0.05, 0) is 69.0 Å². The molecule has 2 aliphatic carbocycles. The number of hydrogen-bond acceptors (Lipinski definition) is 6. The molecule has 3 N–H and O–H groups in total. The lowest BCUT2D eigenvalue weighted by atomic mass is 9.54. The Morgan fingerprint density at radius 1 is 0.943 bits per heavy atom. The number of carbonyl (C=O) groups is 4. The highest BCUT2D eigenvalue weighted by molar-refractivity contribution is 6.25. The number of nitrogens with one attached hydrogen (secondary N) is 3. The van der Waals surface area contributed by atoms with Gasteiger partial charge in [0, 0.05) is 24.7 Å². The van der Waals surface area contributed by atoms with Crippen LogP contribution < -0.4 is 16.0 Å². The van der Waals surface area contributed by atoms with Crippen molar-refractivity contribution in [3.05, 3.63) is 29.3 Å². The molecule has 1 saturated heterocycles. The minimum atomic E-state index is -0.939. The lowest BCUT2D eigenvalue weighted by Gasteiger charge is -2.54. The molecule has 1 unspecified atom stereocenters. The molecule has 1 atom stereocenters. The van der Waals surface area contributed by atoms with Crippen LogP contribution in [0.5, 0.6) is 0 Å². The lowest BCUT2D eigenvalue weighted by Crippen LogP contribution is -2.54. The zero-order valence-corrected chi connectivity index (χ0v) is 20.4. The van der Waals surface area contributed by atoms with Crippen molar-refractivity contribution in [1.29, 1.82) is 0 Å². The summed E-state index contributed by atoms with van der Waals surface area (Å²) in [6.45, 7) is 1.84. The molecule has 0 radical (unpaired) electrons. The number of unbranched alkanes of at least 4 members (excludes halogenated alkanes) is 4. The first-order valence-corrected chi connectivity index (χ1v) is 13.3. The average Bonchev–Trinajstić information content (AvgIpc) is 3.03. The van der Waals surface area contributed by atoms with Gasteiger partial charge in [-0.2, -0.15) is 0 Å². The van der Waals surface area contributed by atoms with Gasteiger partial charge in [0.2, 0.25) is 11.8 Å². The molecule has 35 heavy (non-hydrogen) atoms. The molecule has 8 nitrogen and oxygen atoms in total. The molecule has 1 spiro atoms. The predicted octanol–water partition coefficient (Wildman–Crippen LogP) is 3.37. The molecule has 188 valence electrons. The van der Waals surface area contributed by atoms with Gasteiger partial charge in [-0.3, -0.25) is 29.4 Å². The number of rotatable bonds is 11. The summed E-state index contributed by atoms with van der Waals surface area (Å²) in [5.74, 6) is -1.90. The van der Waals surface area contributed by atoms with E-state index in [1.54, 1.807) is 18.2 Å². The van der Waals surface area contributed by atoms with Crippen molar-refractivity contribution >= 4 is 29.3 Å². The number of fused-ring (bicyclic) bond motifs is 1. The van der Waals surface area contributed by atoms with E-state index >= 15 is 0 Å². The second-order valence-electron chi connectivity index (χ2n) is 10.8. The van der Waals surface area contributed by atoms with Gasteiger partial charge in [0.1, 0.15) is 6.04 Å². The molecule has 1 aromatic rings. The largest absolute Gasteiger partial charge is 0.384 e. The summed E-state index contributed by atoms with van der Waals surface area (Å²) in [4.78, 5) is 50.7. The summed E-state index contributed by atoms with van der Waals surface area (Å²) in [6, 6.07) is 5.00. The lowest BCUT2D eigenvalue weighted by molar-refractivity contribution is -0.136. The first-order chi connectivity index (χ1) is 17.0. The van der Waals surface area contributed by atoms with E-state index in [1.165, 1.54) is 51.4 Å². The minimum Gasteiger partial charge on any atom is -0.384 e. The van der Waals surface area contributed by atoms with Crippen LogP contribution in [0.1, 0.15) is 97.8 Å². The van der Waals surface area contributed by atoms with Gasteiger partial charge < -0.3 is 10.6 Å². The van der Waals surface area contributed by atoms with Crippen molar-refractivity contribution in [2.45, 2.75) is 89.1 Å². The molecule has 3 fully saturated rings. The second-order valence-corrected chi connectivity index (χ2v) is 10.8. The van der Waals surface area contributed by atoms with Gasteiger partial charge >= 0.3 is 0 Å². The Morgan fingerprint density at radius 3 is 2.40 bits per heavy atom. The maximum Gasteiger partial charge on any atom is 0.264 e. The van der Waals surface area contributed by atoms with E-state index in [9.17, 15) is 19.2 Å². The number of nitrogens with zero attached hydrogens (tertiary/aromatic N) is 1. The molecule has 1 aromatic carbocycles. The van der Waals surface area contributed by atoms with Crippen molar-refractivity contribution in [2.24, 2.45) is 5.41 Å². The molecule has 2 heterocycles. The highest BCUT2D eigenvalue weighted by atomic mass is 16.2. The summed E-state index contributed by atoms with van der Waals surface area (Å²) in [7, 11) is 0. The Kier molecular flexibility index (Phi) is 6.91. The predicted molar refractivity (Wildman–Crippen MR) is 132 cm³/mol. The topological polar surface area (TPSA) is 108 Å². The number of imide groups is 2. The summed E-state index contributed by atoms with van der Waals surface area (Å²) in [5, 5.41) is 9.27. The molecule has 4 aliphatic rings. The summed E-state index contributed by atoms with van der Waals surface area (Å²) >= 11 is 0. The summed E-state index contributed by atoms with van der Waals surface area (Å²) < 4.78 is 0. The zero-order chi connectivity index (χ0) is 24.4. The monoisotopic (exact) mass is 480 g/mol. The normalized spacial score (nSPS) is 23.2. The smallest absolute Gasteiger partial charge is 0.264 e. The first-order valence-electron chi connectivity index (χ1n) is 13.3. The number of piperidine rings is 1. The summed E-state index contributed by atoms with van der Waals surface area (Å²) in [5.41, 5.74) is 2.01. The SMILES string of the molecule is O=C1CCC(N2C(=O)c3cccc(NCCCCCCCNC4CC5(CCC5)C4)c3C2=O)C(=O)N1. The van der Waals surface area contributed by atoms with Crippen LogP contribution in [0, 0.1) is 5.41 Å². The molecular weight excluding hydrogens is 444 g/mol. The molecule has 2 aliphatic heterocycles. The minimum absolute atomic E-state index is 0.117. The van der Waals surface area contributed by atoms with Gasteiger partial charge in [0.15, 0.2) is 0 Å². The third-order valence-corrected chi connectivity index (χ3v) is 8.34. The summed E-state index contributed by atoms with van der Waals surface area (Å²) in [6.07, 6.45) is 13.1. The Hall–Kier alpha value is -2.74. The Morgan fingerprint density at radius 2 is 1.69 bits per heavy atom. The van der Waals surface area contributed by atoms with Crippen LogP contribution in [0.25, 0.3) is 0 Å². The first kappa shape index (κ1) is 24.0. The van der Waals surface area contributed by atoms with E-state index in [0.29, 0.717) is 16.8 Å². The third-order valence-electron chi connectivity index (χ3n) is 8.34. The van der Waals surface area contributed by atoms with Gasteiger partial charge in [0.25, 0.3) is 11.8 Å². The van der Waals surface area contributed by atoms with Crippen LogP contribution >= 0.6 is 0 Å². The van der Waals surface area contributed by atoms with Gasteiger partial charge in [-0.1, -0.05) is 31.7 Å². The van der Waals surface area contributed by atoms with E-state index in [-0.39, 0.29) is 18.7 Å². The number of amides is 4. The van der Waals surface area contributed by atoms with Crippen molar-refractivity contribution < 1.29 is 19.2 Å². The molecule has 0 bridgehead atoms. The zero-order valence-electron chi connectivity index (χ0n) is 20.4. The van der Waals surface area contributed by atoms with E-state index in [4.69, 9.17) is 0 Å². The maximum atomic E-state index is 13.1. The van der Waals surface area contributed by atoms with Crippen LogP contribution in [-0.4, -0.2) is 53.7 Å². The average molecular weight is 481 g/mol. The van der Waals surface area contributed by atoms with E-state index in [1.807, 2.05) is 0 Å². The van der Waals surface area contributed by atoms with Crippen LogP contribution in [0.3, 0.4) is 0 Å². The quantitative estimate of drug-likeness (QED) is 0.331. The number of anilines is 1. The molecule has 8 heteroatoms. The molecule has 4 amide bonds. The van der Waals surface area contributed by atoms with Gasteiger partial charge in [-0.15, -0.1) is 0 Å². The van der Waals surface area contributed by atoms with Crippen molar-refractivity contribution in [2.75, 3.05) is 18.4 Å². The third kappa shape index (κ3) is 4.85. The van der Waals surface area contributed by atoms with Gasteiger partial charge in [0.05, 0.1) is 11.1 Å². The second kappa shape index (κ2) is 10.1. The van der Waals surface area contributed by atoms with Crippen molar-refractivity contribution in [3.63, 3.8) is 0 Å². The van der Waals surface area contributed by atoms with E-state index in [0.717, 1.165) is 42.3 Å². The molecule has 5 rings (SSSR count). The number of hydrogen-bond donors (Lipinski definition) is 3.